The first kappa shape index (κ1) is 37.2. The van der Waals surface area contributed by atoms with Crippen molar-refractivity contribution in [2.45, 2.75) is 51.0 Å². The molecule has 1 fully saturated rings. The molecule has 15 nitrogen and oxygen atoms in total. The van der Waals surface area contributed by atoms with E-state index in [1.54, 1.807) is 42.5 Å². The summed E-state index contributed by atoms with van der Waals surface area (Å²) in [5.41, 5.74) is 3.94. The number of hydroxylamine groups is 1. The molecule has 0 aliphatic carbocycles. The zero-order valence-corrected chi connectivity index (χ0v) is 28.4. The summed E-state index contributed by atoms with van der Waals surface area (Å²) in [4.78, 5) is 87.2. The molecule has 3 aromatic rings. The van der Waals surface area contributed by atoms with E-state index in [0.717, 1.165) is 36.1 Å². The minimum Gasteiger partial charge on any atom is -0.484 e. The summed E-state index contributed by atoms with van der Waals surface area (Å²) in [6.07, 6.45) is 4.02. The van der Waals surface area contributed by atoms with Crippen molar-refractivity contribution in [1.29, 1.82) is 0 Å². The number of carbonyl (C=O) groups is 7. The van der Waals surface area contributed by atoms with Crippen molar-refractivity contribution in [1.82, 2.24) is 26.3 Å². The fourth-order valence-electron chi connectivity index (χ4n) is 5.96. The predicted octanol–water partition coefficient (Wildman–Crippen LogP) is 2.35. The molecule has 272 valence electrons. The van der Waals surface area contributed by atoms with Gasteiger partial charge in [0, 0.05) is 42.9 Å². The Morgan fingerprint density at radius 2 is 1.52 bits per heavy atom. The molecule has 0 spiro atoms. The molecular weight excluding hydrogens is 672 g/mol. The molecule has 5 rings (SSSR count). The van der Waals surface area contributed by atoms with Crippen LogP contribution in [0.25, 0.3) is 0 Å². The minimum absolute atomic E-state index is 0.0605. The Bertz CT molecular complexity index is 1850. The molecule has 0 saturated carbocycles. The minimum atomic E-state index is -1.01. The normalized spacial score (nSPS) is 15.1. The van der Waals surface area contributed by atoms with Gasteiger partial charge in [0.25, 0.3) is 29.5 Å². The Kier molecular flexibility index (Phi) is 12.7. The standard InChI is InChI=1S/C37H40N6O9/c44-30-16-15-29(35(48)41-30)43-36(49)27-9-6-10-28(32(27)37(43)50)38-18-3-1-2-4-19-39-31(45)22-52-26-13-11-23(12-14-26)17-20-40-33(46)24-7-5-8-25(21-24)34(47)42-51/h5-14,21,29,38,51H,1-4,15-20,22H2,(H,39,45)(H,40,46)(H,42,47)(H,41,44,48). The van der Waals surface area contributed by atoms with Crippen LogP contribution < -0.4 is 31.5 Å². The summed E-state index contributed by atoms with van der Waals surface area (Å²) in [7, 11) is 0. The van der Waals surface area contributed by atoms with Crippen molar-refractivity contribution in [3.63, 3.8) is 0 Å². The Hall–Kier alpha value is -6.09. The lowest BCUT2D eigenvalue weighted by Crippen LogP contribution is -2.54. The van der Waals surface area contributed by atoms with Crippen molar-refractivity contribution >= 4 is 47.0 Å². The lowest BCUT2D eigenvalue weighted by molar-refractivity contribution is -0.136. The highest BCUT2D eigenvalue weighted by atomic mass is 16.5. The van der Waals surface area contributed by atoms with E-state index in [-0.39, 0.29) is 48.0 Å². The third-order valence-corrected chi connectivity index (χ3v) is 8.69. The smallest absolute Gasteiger partial charge is 0.274 e. The molecule has 1 saturated heterocycles. The summed E-state index contributed by atoms with van der Waals surface area (Å²) < 4.78 is 5.59. The average Bonchev–Trinajstić information content (AvgIpc) is 3.41. The number of ether oxygens (including phenoxy) is 1. The molecule has 0 bridgehead atoms. The molecule has 52 heavy (non-hydrogen) atoms. The van der Waals surface area contributed by atoms with E-state index in [2.05, 4.69) is 21.3 Å². The maximum Gasteiger partial charge on any atom is 0.274 e. The van der Waals surface area contributed by atoms with Crippen LogP contribution in [0.3, 0.4) is 0 Å². The first-order chi connectivity index (χ1) is 25.2. The third-order valence-electron chi connectivity index (χ3n) is 8.69. The highest BCUT2D eigenvalue weighted by Crippen LogP contribution is 2.32. The van der Waals surface area contributed by atoms with E-state index < -0.39 is 35.6 Å². The van der Waals surface area contributed by atoms with E-state index in [0.29, 0.717) is 43.1 Å². The quantitative estimate of drug-likeness (QED) is 0.0520. The van der Waals surface area contributed by atoms with Crippen molar-refractivity contribution in [2.24, 2.45) is 0 Å². The Labute approximate surface area is 299 Å². The van der Waals surface area contributed by atoms with Crippen molar-refractivity contribution < 1.29 is 43.5 Å². The van der Waals surface area contributed by atoms with Gasteiger partial charge in [-0.2, -0.15) is 0 Å². The fraction of sp³-hybridized carbons (Fsp3) is 0.324. The molecule has 0 aromatic heterocycles. The monoisotopic (exact) mass is 712 g/mol. The number of imide groups is 2. The van der Waals surface area contributed by atoms with Crippen molar-refractivity contribution in [3.05, 3.63) is 94.5 Å². The van der Waals surface area contributed by atoms with Gasteiger partial charge < -0.3 is 20.7 Å². The van der Waals surface area contributed by atoms with Gasteiger partial charge in [0.2, 0.25) is 11.8 Å². The van der Waals surface area contributed by atoms with Gasteiger partial charge in [0.15, 0.2) is 6.61 Å². The Morgan fingerprint density at radius 1 is 0.808 bits per heavy atom. The third kappa shape index (κ3) is 9.37. The van der Waals surface area contributed by atoms with Crippen LogP contribution in [0, 0.1) is 0 Å². The number of nitrogens with one attached hydrogen (secondary N) is 5. The van der Waals surface area contributed by atoms with Gasteiger partial charge in [0.05, 0.1) is 11.1 Å². The van der Waals surface area contributed by atoms with Crippen LogP contribution in [-0.2, 0) is 20.8 Å². The van der Waals surface area contributed by atoms with E-state index >= 15 is 0 Å². The van der Waals surface area contributed by atoms with E-state index in [1.807, 2.05) is 12.1 Å². The molecule has 0 radical (unpaired) electrons. The van der Waals surface area contributed by atoms with Crippen LogP contribution in [0.5, 0.6) is 5.75 Å². The van der Waals surface area contributed by atoms with Crippen molar-refractivity contribution in [3.8, 4) is 5.75 Å². The Balaban J connectivity index is 0.930. The number of amides is 7. The van der Waals surface area contributed by atoms with Crippen LogP contribution >= 0.6 is 0 Å². The number of anilines is 1. The molecule has 2 aliphatic heterocycles. The molecule has 1 atom stereocenters. The highest BCUT2D eigenvalue weighted by molar-refractivity contribution is 6.25. The number of hydrogen-bond acceptors (Lipinski definition) is 10. The second kappa shape index (κ2) is 17.7. The number of unbranched alkanes of at least 4 members (excludes halogenated alkanes) is 3. The van der Waals surface area contributed by atoms with E-state index in [9.17, 15) is 33.6 Å². The lowest BCUT2D eigenvalue weighted by atomic mass is 10.0. The summed E-state index contributed by atoms with van der Waals surface area (Å²) in [6, 6.07) is 17.1. The first-order valence-corrected chi connectivity index (χ1v) is 17.1. The van der Waals surface area contributed by atoms with Gasteiger partial charge in [-0.05, 0) is 73.7 Å². The zero-order chi connectivity index (χ0) is 37.0. The maximum absolute atomic E-state index is 13.2. The number of carbonyl (C=O) groups excluding carboxylic acids is 7. The highest BCUT2D eigenvalue weighted by Gasteiger charge is 2.45. The number of rotatable bonds is 17. The van der Waals surface area contributed by atoms with Gasteiger partial charge in [-0.15, -0.1) is 0 Å². The molecular formula is C37H40N6O9. The van der Waals surface area contributed by atoms with Gasteiger partial charge in [-0.25, -0.2) is 5.48 Å². The van der Waals surface area contributed by atoms with Gasteiger partial charge in [0.1, 0.15) is 11.8 Å². The molecule has 3 aromatic carbocycles. The topological polar surface area (TPSA) is 212 Å². The van der Waals surface area contributed by atoms with Gasteiger partial charge in [-0.3, -0.25) is 49.0 Å². The largest absolute Gasteiger partial charge is 0.484 e. The van der Waals surface area contributed by atoms with Gasteiger partial charge in [-0.1, -0.05) is 37.1 Å². The van der Waals surface area contributed by atoms with Crippen LogP contribution in [0.1, 0.15) is 85.5 Å². The number of piperidine rings is 1. The molecule has 1 unspecified atom stereocenters. The Morgan fingerprint density at radius 3 is 2.25 bits per heavy atom. The molecule has 15 heteroatoms. The summed E-state index contributed by atoms with van der Waals surface area (Å²) in [5, 5.41) is 19.8. The number of fused-ring (bicyclic) bond motifs is 1. The second-order valence-electron chi connectivity index (χ2n) is 12.3. The predicted molar refractivity (Wildman–Crippen MR) is 187 cm³/mol. The lowest BCUT2D eigenvalue weighted by Gasteiger charge is -2.27. The molecule has 7 amide bonds. The SMILES string of the molecule is O=C(COc1ccc(CCNC(=O)c2cccc(C(=O)NO)c2)cc1)NCCCCCCNc1cccc2c1C(=O)N(C1CCC(=O)NC1=O)C2=O. The van der Waals surface area contributed by atoms with Crippen LogP contribution in [0.15, 0.2) is 66.7 Å². The maximum atomic E-state index is 13.2. The second-order valence-corrected chi connectivity index (χ2v) is 12.3. The first-order valence-electron chi connectivity index (χ1n) is 17.1. The fourth-order valence-corrected chi connectivity index (χ4v) is 5.96. The molecule has 2 aliphatic rings. The average molecular weight is 713 g/mol. The zero-order valence-electron chi connectivity index (χ0n) is 28.4. The number of benzene rings is 3. The van der Waals surface area contributed by atoms with Crippen LogP contribution in [0.2, 0.25) is 0 Å². The van der Waals surface area contributed by atoms with Gasteiger partial charge >= 0.3 is 0 Å². The van der Waals surface area contributed by atoms with Crippen LogP contribution in [0.4, 0.5) is 5.69 Å². The molecule has 6 N–H and O–H groups in total. The van der Waals surface area contributed by atoms with Crippen molar-refractivity contribution in [2.75, 3.05) is 31.6 Å². The summed E-state index contributed by atoms with van der Waals surface area (Å²) >= 11 is 0. The summed E-state index contributed by atoms with van der Waals surface area (Å²) in [5.74, 6) is -2.91. The van der Waals surface area contributed by atoms with E-state index in [1.165, 1.54) is 17.6 Å². The molecule has 2 heterocycles. The summed E-state index contributed by atoms with van der Waals surface area (Å²) in [6.45, 7) is 1.29. The number of hydrogen-bond donors (Lipinski definition) is 6. The van der Waals surface area contributed by atoms with Crippen LogP contribution in [-0.4, -0.2) is 83.7 Å². The van der Waals surface area contributed by atoms with E-state index in [4.69, 9.17) is 9.94 Å². The number of nitrogens with zero attached hydrogens (tertiary/aromatic N) is 1.